The number of esters is 1. The topological polar surface area (TPSA) is 55.6 Å². The van der Waals surface area contributed by atoms with E-state index in [9.17, 15) is 4.79 Å². The lowest BCUT2D eigenvalue weighted by Gasteiger charge is -2.22. The molecule has 4 heteroatoms. The van der Waals surface area contributed by atoms with Crippen LogP contribution in [0.2, 0.25) is 0 Å². The van der Waals surface area contributed by atoms with Gasteiger partial charge in [0.15, 0.2) is 0 Å². The Morgan fingerprint density at radius 2 is 1.89 bits per heavy atom. The van der Waals surface area contributed by atoms with Gasteiger partial charge in [-0.25, -0.2) is 0 Å². The smallest absolute Gasteiger partial charge is 0.324 e. The van der Waals surface area contributed by atoms with Crippen LogP contribution in [0.4, 0.5) is 0 Å². The molecule has 0 aromatic heterocycles. The number of hydrogen-bond acceptors (Lipinski definition) is 4. The van der Waals surface area contributed by atoms with E-state index in [4.69, 9.17) is 10.5 Å². The largest absolute Gasteiger partial charge is 0.465 e. The minimum atomic E-state index is -0.541. The number of rotatable bonds is 4. The molecular weight excluding hydrogens is 240 g/mol. The summed E-state index contributed by atoms with van der Waals surface area (Å²) in [5.41, 5.74) is 8.70. The second kappa shape index (κ2) is 6.68. The van der Waals surface area contributed by atoms with Crippen molar-refractivity contribution < 1.29 is 9.53 Å². The summed E-state index contributed by atoms with van der Waals surface area (Å²) in [4.78, 5) is 13.8. The summed E-state index contributed by atoms with van der Waals surface area (Å²) in [6.07, 6.45) is 2.04. The van der Waals surface area contributed by atoms with Gasteiger partial charge in [-0.15, -0.1) is 0 Å². The molecule has 1 atom stereocenters. The molecule has 104 valence electrons. The molecule has 19 heavy (non-hydrogen) atoms. The van der Waals surface area contributed by atoms with Gasteiger partial charge in [0, 0.05) is 19.6 Å². The first-order valence-electron chi connectivity index (χ1n) is 6.92. The standard InChI is InChI=1S/C15H22N2O2/c1-2-19-15(18)14(16)11-17-9-7-12-5-3-4-6-13(12)8-10-17/h3-6,14H,2,7-11,16H2,1H3. The highest BCUT2D eigenvalue weighted by Crippen LogP contribution is 2.15. The van der Waals surface area contributed by atoms with Crippen LogP contribution in [0.25, 0.3) is 0 Å². The van der Waals surface area contributed by atoms with Gasteiger partial charge in [0.25, 0.3) is 0 Å². The van der Waals surface area contributed by atoms with E-state index in [0.29, 0.717) is 13.2 Å². The summed E-state index contributed by atoms with van der Waals surface area (Å²) in [5.74, 6) is -0.302. The predicted octanol–water partition coefficient (Wildman–Crippen LogP) is 0.978. The summed E-state index contributed by atoms with van der Waals surface area (Å²) in [6, 6.07) is 7.99. The molecule has 0 bridgehead atoms. The van der Waals surface area contributed by atoms with Crippen LogP contribution in [0.1, 0.15) is 18.1 Å². The molecule has 1 heterocycles. The van der Waals surface area contributed by atoms with Crippen LogP contribution in [-0.4, -0.2) is 43.2 Å². The van der Waals surface area contributed by atoms with Crippen LogP contribution in [0.3, 0.4) is 0 Å². The number of carbonyl (C=O) groups excluding carboxylic acids is 1. The molecule has 4 nitrogen and oxygen atoms in total. The van der Waals surface area contributed by atoms with Crippen molar-refractivity contribution in [1.82, 2.24) is 4.90 Å². The quantitative estimate of drug-likeness (QED) is 0.822. The van der Waals surface area contributed by atoms with E-state index in [1.807, 2.05) is 0 Å². The van der Waals surface area contributed by atoms with Gasteiger partial charge in [-0.1, -0.05) is 24.3 Å². The lowest BCUT2D eigenvalue weighted by atomic mass is 10.0. The Labute approximate surface area is 114 Å². The average Bonchev–Trinajstić information content (AvgIpc) is 2.62. The number of fused-ring (bicyclic) bond motifs is 1. The zero-order chi connectivity index (χ0) is 13.7. The highest BCUT2D eigenvalue weighted by atomic mass is 16.5. The zero-order valence-corrected chi connectivity index (χ0v) is 11.5. The summed E-state index contributed by atoms with van der Waals surface area (Å²) in [7, 11) is 0. The van der Waals surface area contributed by atoms with Crippen molar-refractivity contribution in [3.63, 3.8) is 0 Å². The third-order valence-electron chi connectivity index (χ3n) is 3.56. The van der Waals surface area contributed by atoms with Crippen molar-refractivity contribution in [3.8, 4) is 0 Å². The van der Waals surface area contributed by atoms with Crippen LogP contribution in [0, 0.1) is 0 Å². The lowest BCUT2D eigenvalue weighted by molar-refractivity contribution is -0.145. The molecule has 0 fully saturated rings. The van der Waals surface area contributed by atoms with Gasteiger partial charge in [0.2, 0.25) is 0 Å². The van der Waals surface area contributed by atoms with E-state index in [0.717, 1.165) is 25.9 Å². The fourth-order valence-electron chi connectivity index (χ4n) is 2.50. The second-order valence-corrected chi connectivity index (χ2v) is 4.93. The van der Waals surface area contributed by atoms with Gasteiger partial charge in [-0.2, -0.15) is 0 Å². The minimum absolute atomic E-state index is 0.302. The Bertz CT molecular complexity index is 407. The van der Waals surface area contributed by atoms with Crippen LogP contribution >= 0.6 is 0 Å². The normalized spacial score (nSPS) is 17.4. The number of nitrogens with zero attached hydrogens (tertiary/aromatic N) is 1. The van der Waals surface area contributed by atoms with E-state index < -0.39 is 6.04 Å². The molecule has 1 aromatic rings. The van der Waals surface area contributed by atoms with E-state index >= 15 is 0 Å². The lowest BCUT2D eigenvalue weighted by Crippen LogP contribution is -2.44. The first-order chi connectivity index (χ1) is 9.20. The molecule has 0 saturated carbocycles. The maximum atomic E-state index is 11.5. The molecule has 0 saturated heterocycles. The minimum Gasteiger partial charge on any atom is -0.465 e. The fraction of sp³-hybridized carbons (Fsp3) is 0.533. The summed E-state index contributed by atoms with van der Waals surface area (Å²) in [5, 5.41) is 0. The van der Waals surface area contributed by atoms with Gasteiger partial charge >= 0.3 is 5.97 Å². The summed E-state index contributed by atoms with van der Waals surface area (Å²) in [6.45, 7) is 4.66. The van der Waals surface area contributed by atoms with Crippen LogP contribution < -0.4 is 5.73 Å². The average molecular weight is 262 g/mol. The SMILES string of the molecule is CCOC(=O)C(N)CN1CCc2ccccc2CC1. The van der Waals surface area contributed by atoms with Crippen LogP contribution in [0.15, 0.2) is 24.3 Å². The fourth-order valence-corrected chi connectivity index (χ4v) is 2.50. The molecule has 1 aliphatic rings. The molecule has 0 spiro atoms. The highest BCUT2D eigenvalue weighted by molar-refractivity contribution is 5.75. The molecule has 2 rings (SSSR count). The van der Waals surface area contributed by atoms with Crippen molar-refractivity contribution >= 4 is 5.97 Å². The molecule has 0 radical (unpaired) electrons. The van der Waals surface area contributed by atoms with Crippen LogP contribution in [-0.2, 0) is 22.4 Å². The maximum Gasteiger partial charge on any atom is 0.324 e. The number of benzene rings is 1. The number of ether oxygens (including phenoxy) is 1. The Morgan fingerprint density at radius 3 is 2.42 bits per heavy atom. The third-order valence-corrected chi connectivity index (χ3v) is 3.56. The van der Waals surface area contributed by atoms with E-state index in [1.54, 1.807) is 6.92 Å². The van der Waals surface area contributed by atoms with Crippen molar-refractivity contribution in [2.24, 2.45) is 5.73 Å². The molecule has 0 aliphatic carbocycles. The first-order valence-corrected chi connectivity index (χ1v) is 6.92. The second-order valence-electron chi connectivity index (χ2n) is 4.93. The molecular formula is C15H22N2O2. The monoisotopic (exact) mass is 262 g/mol. The Hall–Kier alpha value is -1.39. The summed E-state index contributed by atoms with van der Waals surface area (Å²) < 4.78 is 4.95. The number of nitrogens with two attached hydrogens (primary N) is 1. The van der Waals surface area contributed by atoms with Crippen molar-refractivity contribution in [1.29, 1.82) is 0 Å². The van der Waals surface area contributed by atoms with Gasteiger partial charge in [-0.05, 0) is 30.9 Å². The molecule has 1 aliphatic heterocycles. The van der Waals surface area contributed by atoms with E-state index in [1.165, 1.54) is 11.1 Å². The van der Waals surface area contributed by atoms with Crippen LogP contribution in [0.5, 0.6) is 0 Å². The van der Waals surface area contributed by atoms with Gasteiger partial charge in [-0.3, -0.25) is 4.79 Å². The number of hydrogen-bond donors (Lipinski definition) is 1. The predicted molar refractivity (Wildman–Crippen MR) is 74.9 cm³/mol. The van der Waals surface area contributed by atoms with Gasteiger partial charge in [0.1, 0.15) is 6.04 Å². The summed E-state index contributed by atoms with van der Waals surface area (Å²) >= 11 is 0. The Balaban J connectivity index is 1.90. The van der Waals surface area contributed by atoms with E-state index in [2.05, 4.69) is 29.2 Å². The van der Waals surface area contributed by atoms with Gasteiger partial charge in [0.05, 0.1) is 6.61 Å². The Kier molecular flexibility index (Phi) is 4.93. The number of carbonyl (C=O) groups is 1. The van der Waals surface area contributed by atoms with E-state index in [-0.39, 0.29) is 5.97 Å². The first kappa shape index (κ1) is 14.0. The maximum absolute atomic E-state index is 11.5. The zero-order valence-electron chi connectivity index (χ0n) is 11.5. The molecule has 0 amide bonds. The Morgan fingerprint density at radius 1 is 1.32 bits per heavy atom. The molecule has 2 N–H and O–H groups in total. The van der Waals surface area contributed by atoms with Crippen molar-refractivity contribution in [3.05, 3.63) is 35.4 Å². The van der Waals surface area contributed by atoms with Crippen molar-refractivity contribution in [2.45, 2.75) is 25.8 Å². The highest BCUT2D eigenvalue weighted by Gasteiger charge is 2.20. The van der Waals surface area contributed by atoms with Gasteiger partial charge < -0.3 is 15.4 Å². The molecule has 1 aromatic carbocycles. The third kappa shape index (κ3) is 3.78. The molecule has 1 unspecified atom stereocenters. The van der Waals surface area contributed by atoms with Crippen molar-refractivity contribution in [2.75, 3.05) is 26.2 Å².